The third-order valence-electron chi connectivity index (χ3n) is 3.46. The Balaban J connectivity index is 1.84. The minimum atomic E-state index is -0.603. The quantitative estimate of drug-likeness (QED) is 0.683. The molecule has 0 radical (unpaired) electrons. The van der Waals surface area contributed by atoms with Crippen LogP contribution in [-0.2, 0) is 11.3 Å². The molecule has 0 atom stereocenters. The minimum Gasteiger partial charge on any atom is -0.443 e. The molecule has 0 aliphatic rings. The van der Waals surface area contributed by atoms with E-state index in [1.807, 2.05) is 81.4 Å². The third kappa shape index (κ3) is 4.47. The number of hydrogen-bond acceptors (Lipinski definition) is 5. The SMILES string of the molecule is CC(C)(C)OC(=O)N(Cc1nnc(-c2ccccc2)o1)c1ccccc1. The smallest absolute Gasteiger partial charge is 0.415 e. The highest BCUT2D eigenvalue weighted by Gasteiger charge is 2.25. The van der Waals surface area contributed by atoms with E-state index in [0.717, 1.165) is 5.56 Å². The summed E-state index contributed by atoms with van der Waals surface area (Å²) >= 11 is 0. The predicted molar refractivity (Wildman–Crippen MR) is 98.6 cm³/mol. The molecule has 26 heavy (non-hydrogen) atoms. The van der Waals surface area contributed by atoms with Crippen molar-refractivity contribution >= 4 is 11.8 Å². The van der Waals surface area contributed by atoms with Gasteiger partial charge in [0.1, 0.15) is 12.1 Å². The predicted octanol–water partition coefficient (Wildman–Crippen LogP) is 4.68. The molecule has 6 heteroatoms. The van der Waals surface area contributed by atoms with Crippen LogP contribution in [0.25, 0.3) is 11.5 Å². The van der Waals surface area contributed by atoms with Crippen LogP contribution in [0.3, 0.4) is 0 Å². The zero-order chi connectivity index (χ0) is 18.6. The van der Waals surface area contributed by atoms with Crippen LogP contribution < -0.4 is 4.90 Å². The summed E-state index contributed by atoms with van der Waals surface area (Å²) in [7, 11) is 0. The van der Waals surface area contributed by atoms with Crippen molar-refractivity contribution < 1.29 is 13.9 Å². The van der Waals surface area contributed by atoms with E-state index in [-0.39, 0.29) is 6.54 Å². The number of anilines is 1. The molecule has 3 aromatic rings. The lowest BCUT2D eigenvalue weighted by Crippen LogP contribution is -2.36. The summed E-state index contributed by atoms with van der Waals surface area (Å²) in [4.78, 5) is 14.1. The van der Waals surface area contributed by atoms with Crippen molar-refractivity contribution in [1.29, 1.82) is 0 Å². The molecule has 0 aliphatic heterocycles. The number of rotatable bonds is 4. The van der Waals surface area contributed by atoms with Crippen LogP contribution in [0.15, 0.2) is 65.1 Å². The summed E-state index contributed by atoms with van der Waals surface area (Å²) < 4.78 is 11.2. The number of ether oxygens (including phenoxy) is 1. The van der Waals surface area contributed by atoms with Gasteiger partial charge in [0.15, 0.2) is 0 Å². The molecular formula is C20H21N3O3. The van der Waals surface area contributed by atoms with Gasteiger partial charge in [0, 0.05) is 11.3 Å². The second-order valence-electron chi connectivity index (χ2n) is 6.77. The van der Waals surface area contributed by atoms with Crippen molar-refractivity contribution in [1.82, 2.24) is 10.2 Å². The molecule has 0 saturated heterocycles. The van der Waals surface area contributed by atoms with Gasteiger partial charge in [0.25, 0.3) is 0 Å². The maximum Gasteiger partial charge on any atom is 0.415 e. The second kappa shape index (κ2) is 7.39. The molecule has 0 aliphatic carbocycles. The lowest BCUT2D eigenvalue weighted by molar-refractivity contribution is 0.0574. The van der Waals surface area contributed by atoms with Gasteiger partial charge in [-0.15, -0.1) is 10.2 Å². The van der Waals surface area contributed by atoms with Gasteiger partial charge < -0.3 is 9.15 Å². The largest absolute Gasteiger partial charge is 0.443 e. The maximum absolute atomic E-state index is 12.7. The standard InChI is InChI=1S/C20H21N3O3/c1-20(2,3)26-19(24)23(16-12-8-5-9-13-16)14-17-21-22-18(25-17)15-10-6-4-7-11-15/h4-13H,14H2,1-3H3. The summed E-state index contributed by atoms with van der Waals surface area (Å²) in [5.74, 6) is 0.747. The molecule has 0 fully saturated rings. The highest BCUT2D eigenvalue weighted by molar-refractivity contribution is 5.87. The molecule has 0 unspecified atom stereocenters. The van der Waals surface area contributed by atoms with E-state index in [9.17, 15) is 4.79 Å². The first-order chi connectivity index (χ1) is 12.4. The Labute approximate surface area is 152 Å². The van der Waals surface area contributed by atoms with Crippen LogP contribution in [0.1, 0.15) is 26.7 Å². The molecule has 1 aromatic heterocycles. The normalized spacial score (nSPS) is 11.2. The Hall–Kier alpha value is -3.15. The van der Waals surface area contributed by atoms with Crippen molar-refractivity contribution in [2.24, 2.45) is 0 Å². The molecule has 0 N–H and O–H groups in total. The van der Waals surface area contributed by atoms with Crippen molar-refractivity contribution in [3.8, 4) is 11.5 Å². The van der Waals surface area contributed by atoms with Gasteiger partial charge in [-0.2, -0.15) is 0 Å². The fourth-order valence-electron chi connectivity index (χ4n) is 2.34. The molecule has 1 heterocycles. The van der Waals surface area contributed by atoms with Gasteiger partial charge in [-0.05, 0) is 45.0 Å². The topological polar surface area (TPSA) is 68.5 Å². The lowest BCUT2D eigenvalue weighted by Gasteiger charge is -2.26. The van der Waals surface area contributed by atoms with Crippen LogP contribution in [0.5, 0.6) is 0 Å². The van der Waals surface area contributed by atoms with E-state index < -0.39 is 11.7 Å². The van der Waals surface area contributed by atoms with E-state index in [4.69, 9.17) is 9.15 Å². The summed E-state index contributed by atoms with van der Waals surface area (Å²) in [6, 6.07) is 18.8. The molecule has 0 bridgehead atoms. The molecule has 2 aromatic carbocycles. The molecule has 0 spiro atoms. The van der Waals surface area contributed by atoms with Crippen LogP contribution >= 0.6 is 0 Å². The number of nitrogens with zero attached hydrogens (tertiary/aromatic N) is 3. The zero-order valence-corrected chi connectivity index (χ0v) is 15.0. The summed E-state index contributed by atoms with van der Waals surface area (Å²) in [5, 5.41) is 8.14. The Morgan fingerprint density at radius 3 is 2.23 bits per heavy atom. The number of aromatic nitrogens is 2. The monoisotopic (exact) mass is 351 g/mol. The average molecular weight is 351 g/mol. The zero-order valence-electron chi connectivity index (χ0n) is 15.0. The number of benzene rings is 2. The fraction of sp³-hybridized carbons (Fsp3) is 0.250. The average Bonchev–Trinajstić information content (AvgIpc) is 3.08. The van der Waals surface area contributed by atoms with Crippen LogP contribution in [0.2, 0.25) is 0 Å². The van der Waals surface area contributed by atoms with E-state index in [1.54, 1.807) is 0 Å². The Morgan fingerprint density at radius 1 is 1.00 bits per heavy atom. The van der Waals surface area contributed by atoms with Crippen molar-refractivity contribution in [2.75, 3.05) is 4.90 Å². The number of amides is 1. The number of para-hydroxylation sites is 1. The van der Waals surface area contributed by atoms with Crippen molar-refractivity contribution in [3.63, 3.8) is 0 Å². The van der Waals surface area contributed by atoms with E-state index in [1.165, 1.54) is 4.90 Å². The van der Waals surface area contributed by atoms with E-state index >= 15 is 0 Å². The maximum atomic E-state index is 12.7. The molecular weight excluding hydrogens is 330 g/mol. The second-order valence-corrected chi connectivity index (χ2v) is 6.77. The van der Waals surface area contributed by atoms with E-state index in [2.05, 4.69) is 10.2 Å². The van der Waals surface area contributed by atoms with E-state index in [0.29, 0.717) is 17.5 Å². The lowest BCUT2D eigenvalue weighted by atomic mass is 10.2. The van der Waals surface area contributed by atoms with Gasteiger partial charge in [-0.25, -0.2) is 4.79 Å². The van der Waals surface area contributed by atoms with Gasteiger partial charge in [0.2, 0.25) is 11.8 Å². The Kier molecular flexibility index (Phi) is 5.02. The van der Waals surface area contributed by atoms with Gasteiger partial charge >= 0.3 is 6.09 Å². The fourth-order valence-corrected chi connectivity index (χ4v) is 2.34. The highest BCUT2D eigenvalue weighted by Crippen LogP contribution is 2.22. The first kappa shape index (κ1) is 17.7. The Morgan fingerprint density at radius 2 is 1.62 bits per heavy atom. The first-order valence-electron chi connectivity index (χ1n) is 8.36. The highest BCUT2D eigenvalue weighted by atomic mass is 16.6. The molecule has 1 amide bonds. The minimum absolute atomic E-state index is 0.124. The van der Waals surface area contributed by atoms with Gasteiger partial charge in [0.05, 0.1) is 0 Å². The third-order valence-corrected chi connectivity index (χ3v) is 3.46. The summed E-state index contributed by atoms with van der Waals surface area (Å²) in [6.45, 7) is 5.61. The Bertz CT molecular complexity index is 855. The molecule has 0 saturated carbocycles. The van der Waals surface area contributed by atoms with Crippen LogP contribution in [0, 0.1) is 0 Å². The number of carbonyl (C=O) groups is 1. The van der Waals surface area contributed by atoms with Crippen LogP contribution in [0.4, 0.5) is 10.5 Å². The first-order valence-corrected chi connectivity index (χ1v) is 8.36. The van der Waals surface area contributed by atoms with Crippen LogP contribution in [-0.4, -0.2) is 21.9 Å². The summed E-state index contributed by atoms with van der Waals surface area (Å²) in [6.07, 6.45) is -0.469. The molecule has 3 rings (SSSR count). The molecule has 134 valence electrons. The molecule has 6 nitrogen and oxygen atoms in total. The van der Waals surface area contributed by atoms with Crippen molar-refractivity contribution in [2.45, 2.75) is 32.9 Å². The van der Waals surface area contributed by atoms with Gasteiger partial charge in [-0.1, -0.05) is 36.4 Å². The number of hydrogen-bond donors (Lipinski definition) is 0. The van der Waals surface area contributed by atoms with Crippen molar-refractivity contribution in [3.05, 3.63) is 66.6 Å². The number of carbonyl (C=O) groups excluding carboxylic acids is 1. The summed E-state index contributed by atoms with van der Waals surface area (Å²) in [5.41, 5.74) is 0.921. The van der Waals surface area contributed by atoms with Gasteiger partial charge in [-0.3, -0.25) is 4.90 Å².